The summed E-state index contributed by atoms with van der Waals surface area (Å²) in [5.74, 6) is 0.837. The van der Waals surface area contributed by atoms with Crippen molar-refractivity contribution in [1.29, 1.82) is 0 Å². The molecule has 0 spiro atoms. The largest absolute Gasteiger partial charge is 0.497 e. The molecule has 0 N–H and O–H groups in total. The van der Waals surface area contributed by atoms with Gasteiger partial charge in [0.05, 0.1) is 29.9 Å². The smallest absolute Gasteiger partial charge is 0.118 e. The van der Waals surface area contributed by atoms with Crippen LogP contribution < -0.4 is 4.74 Å². The third kappa shape index (κ3) is 4.09. The van der Waals surface area contributed by atoms with E-state index in [-0.39, 0.29) is 0 Å². The average Bonchev–Trinajstić information content (AvgIpc) is 2.90. The molecule has 32 heavy (non-hydrogen) atoms. The zero-order chi connectivity index (χ0) is 21.8. The maximum Gasteiger partial charge on any atom is 0.118 e. The lowest BCUT2D eigenvalue weighted by atomic mass is 10.1. The number of pyridine rings is 4. The first-order valence-electron chi connectivity index (χ1n) is 10.2. The van der Waals surface area contributed by atoms with Gasteiger partial charge in [-0.1, -0.05) is 36.4 Å². The van der Waals surface area contributed by atoms with Crippen molar-refractivity contribution in [2.24, 2.45) is 0 Å². The summed E-state index contributed by atoms with van der Waals surface area (Å²) in [6.45, 7) is 0. The van der Waals surface area contributed by atoms with Gasteiger partial charge in [-0.2, -0.15) is 0 Å². The van der Waals surface area contributed by atoms with E-state index in [1.165, 1.54) is 0 Å². The van der Waals surface area contributed by atoms with Gasteiger partial charge in [-0.25, -0.2) is 0 Å². The maximum atomic E-state index is 5.22. The summed E-state index contributed by atoms with van der Waals surface area (Å²) in [5.41, 5.74) is 7.51. The van der Waals surface area contributed by atoms with Gasteiger partial charge in [0.25, 0.3) is 0 Å². The van der Waals surface area contributed by atoms with Gasteiger partial charge in [0.2, 0.25) is 0 Å². The topological polar surface area (TPSA) is 60.8 Å². The Morgan fingerprint density at radius 2 is 0.938 bits per heavy atom. The van der Waals surface area contributed by atoms with Crippen molar-refractivity contribution >= 4 is 0 Å². The molecule has 0 unspecified atom stereocenters. The summed E-state index contributed by atoms with van der Waals surface area (Å²) in [4.78, 5) is 18.1. The van der Waals surface area contributed by atoms with Crippen molar-refractivity contribution in [3.05, 3.63) is 104 Å². The summed E-state index contributed by atoms with van der Waals surface area (Å²) >= 11 is 0. The van der Waals surface area contributed by atoms with Crippen LogP contribution in [0, 0.1) is 0 Å². The van der Waals surface area contributed by atoms with E-state index >= 15 is 0 Å². The fraction of sp³-hybridized carbons (Fsp3) is 0.0370. The van der Waals surface area contributed by atoms with Gasteiger partial charge in [-0.05, 0) is 48.0 Å². The van der Waals surface area contributed by atoms with Gasteiger partial charge in [0, 0.05) is 41.5 Å². The van der Waals surface area contributed by atoms with Crippen LogP contribution in [0.2, 0.25) is 0 Å². The van der Waals surface area contributed by atoms with Crippen molar-refractivity contribution < 1.29 is 4.74 Å². The number of aromatic nitrogens is 4. The molecular formula is C27H20N4O. The highest BCUT2D eigenvalue weighted by Crippen LogP contribution is 2.26. The van der Waals surface area contributed by atoms with Gasteiger partial charge < -0.3 is 4.74 Å². The monoisotopic (exact) mass is 416 g/mol. The molecule has 0 saturated heterocycles. The first-order chi connectivity index (χ1) is 15.8. The molecule has 0 fully saturated rings. The fourth-order valence-electron chi connectivity index (χ4n) is 3.45. The van der Waals surface area contributed by atoms with Crippen molar-refractivity contribution in [3.8, 4) is 50.8 Å². The number of ether oxygens (including phenoxy) is 1. The molecule has 5 aromatic rings. The molecule has 0 bridgehead atoms. The second-order valence-corrected chi connectivity index (χ2v) is 7.24. The molecule has 4 aromatic heterocycles. The van der Waals surface area contributed by atoms with Crippen LogP contribution in [0.1, 0.15) is 0 Å². The van der Waals surface area contributed by atoms with E-state index < -0.39 is 0 Å². The summed E-state index contributed by atoms with van der Waals surface area (Å²) in [7, 11) is 1.66. The third-order valence-corrected chi connectivity index (χ3v) is 5.24. The van der Waals surface area contributed by atoms with Crippen LogP contribution in [0.25, 0.3) is 45.0 Å². The molecule has 154 valence electrons. The minimum atomic E-state index is 0.827. The van der Waals surface area contributed by atoms with E-state index in [0.717, 1.165) is 50.8 Å². The summed E-state index contributed by atoms with van der Waals surface area (Å²) in [6.07, 6.45) is 7.34. The summed E-state index contributed by atoms with van der Waals surface area (Å²) < 4.78 is 5.22. The lowest BCUT2D eigenvalue weighted by Gasteiger charge is -2.06. The average molecular weight is 416 g/mol. The number of hydrogen-bond donors (Lipinski definition) is 0. The lowest BCUT2D eigenvalue weighted by Crippen LogP contribution is -1.90. The number of hydrogen-bond acceptors (Lipinski definition) is 5. The molecule has 0 aliphatic rings. The standard InChI is InChI=1S/C27H20N4O/c1-32-23-10-5-19(6-11-23)20-7-12-26(29-16-20)27-14-9-22(18-31-27)21-8-13-25(30-17-21)24-4-2-3-15-28-24/h2-18H,1H3. The molecule has 4 heterocycles. The van der Waals surface area contributed by atoms with Crippen molar-refractivity contribution in [1.82, 2.24) is 19.9 Å². The second-order valence-electron chi connectivity index (χ2n) is 7.24. The van der Waals surface area contributed by atoms with Crippen LogP contribution in [-0.4, -0.2) is 27.0 Å². The number of benzene rings is 1. The predicted octanol–water partition coefficient (Wildman–Crippen LogP) is 5.94. The van der Waals surface area contributed by atoms with E-state index in [4.69, 9.17) is 4.74 Å². The van der Waals surface area contributed by atoms with E-state index in [1.54, 1.807) is 13.3 Å². The van der Waals surface area contributed by atoms with E-state index in [2.05, 4.69) is 26.0 Å². The predicted molar refractivity (Wildman–Crippen MR) is 126 cm³/mol. The Bertz CT molecular complexity index is 1300. The Hall–Kier alpha value is -4.38. The fourth-order valence-corrected chi connectivity index (χ4v) is 3.45. The molecule has 0 atom stereocenters. The molecule has 0 radical (unpaired) electrons. The zero-order valence-electron chi connectivity index (χ0n) is 17.5. The minimum Gasteiger partial charge on any atom is -0.497 e. The van der Waals surface area contributed by atoms with Crippen LogP contribution in [0.5, 0.6) is 5.75 Å². The van der Waals surface area contributed by atoms with Gasteiger partial charge in [-0.15, -0.1) is 0 Å². The molecule has 0 saturated carbocycles. The zero-order valence-corrected chi connectivity index (χ0v) is 17.5. The van der Waals surface area contributed by atoms with Crippen molar-refractivity contribution in [2.75, 3.05) is 7.11 Å². The Kier molecular flexibility index (Phi) is 5.37. The normalized spacial score (nSPS) is 10.7. The number of methoxy groups -OCH3 is 1. The molecule has 5 rings (SSSR count). The van der Waals surface area contributed by atoms with Gasteiger partial charge >= 0.3 is 0 Å². The van der Waals surface area contributed by atoms with Gasteiger partial charge in [0.1, 0.15) is 5.75 Å². The molecular weight excluding hydrogens is 396 g/mol. The van der Waals surface area contributed by atoms with E-state index in [9.17, 15) is 0 Å². The second kappa shape index (κ2) is 8.78. The molecule has 5 heteroatoms. The Labute approximate surface area is 186 Å². The van der Waals surface area contributed by atoms with Gasteiger partial charge in [-0.3, -0.25) is 19.9 Å². The highest BCUT2D eigenvalue weighted by atomic mass is 16.5. The number of rotatable bonds is 5. The van der Waals surface area contributed by atoms with Crippen molar-refractivity contribution in [3.63, 3.8) is 0 Å². The van der Waals surface area contributed by atoms with Crippen LogP contribution in [0.3, 0.4) is 0 Å². The molecule has 0 aliphatic heterocycles. The Morgan fingerprint density at radius 1 is 0.469 bits per heavy atom. The van der Waals surface area contributed by atoms with Crippen LogP contribution in [0.4, 0.5) is 0 Å². The maximum absolute atomic E-state index is 5.22. The Morgan fingerprint density at radius 3 is 1.34 bits per heavy atom. The SMILES string of the molecule is COc1ccc(-c2ccc(-c3ccc(-c4ccc(-c5ccccn5)nc4)cn3)nc2)cc1. The third-order valence-electron chi connectivity index (χ3n) is 5.24. The minimum absolute atomic E-state index is 0.827. The highest BCUT2D eigenvalue weighted by molar-refractivity contribution is 5.69. The first-order valence-corrected chi connectivity index (χ1v) is 10.2. The van der Waals surface area contributed by atoms with Gasteiger partial charge in [0.15, 0.2) is 0 Å². The van der Waals surface area contributed by atoms with E-state index in [1.807, 2.05) is 91.4 Å². The van der Waals surface area contributed by atoms with Crippen LogP contribution >= 0.6 is 0 Å². The quantitative estimate of drug-likeness (QED) is 0.355. The van der Waals surface area contributed by atoms with Crippen LogP contribution in [0.15, 0.2) is 104 Å². The molecule has 0 aliphatic carbocycles. The van der Waals surface area contributed by atoms with Crippen LogP contribution in [-0.2, 0) is 0 Å². The summed E-state index contributed by atoms with van der Waals surface area (Å²) in [5, 5.41) is 0. The Balaban J connectivity index is 1.33. The molecule has 1 aromatic carbocycles. The summed E-state index contributed by atoms with van der Waals surface area (Å²) in [6, 6.07) is 25.8. The molecule has 0 amide bonds. The first kappa shape index (κ1) is 19.6. The lowest BCUT2D eigenvalue weighted by molar-refractivity contribution is 0.415. The van der Waals surface area contributed by atoms with Crippen molar-refractivity contribution in [2.45, 2.75) is 0 Å². The highest BCUT2D eigenvalue weighted by Gasteiger charge is 2.06. The molecule has 5 nitrogen and oxygen atoms in total. The van der Waals surface area contributed by atoms with E-state index in [0.29, 0.717) is 0 Å². The number of nitrogens with zero attached hydrogens (tertiary/aromatic N) is 4.